The fourth-order valence-corrected chi connectivity index (χ4v) is 2.98. The van der Waals surface area contributed by atoms with Gasteiger partial charge in [0.25, 0.3) is 0 Å². The van der Waals surface area contributed by atoms with Crippen LogP contribution in [0, 0.1) is 11.6 Å². The molecule has 0 fully saturated rings. The van der Waals surface area contributed by atoms with E-state index in [4.69, 9.17) is 4.74 Å². The molecule has 0 saturated heterocycles. The van der Waals surface area contributed by atoms with Crippen molar-refractivity contribution in [2.24, 2.45) is 0 Å². The molecule has 144 valence electrons. The molecule has 0 bridgehead atoms. The zero-order valence-electron chi connectivity index (χ0n) is 15.6. The lowest BCUT2D eigenvalue weighted by Gasteiger charge is -2.12. The normalized spacial score (nSPS) is 10.9. The van der Waals surface area contributed by atoms with Crippen LogP contribution in [0.5, 0.6) is 5.88 Å². The number of ether oxygens (including phenoxy) is 1. The SMILES string of the molecule is COc1cc(-c2nc3cc(C(C)=O)ccc3nc2-c2ccc(F)cc2)c(F)cn1. The van der Waals surface area contributed by atoms with Crippen LogP contribution < -0.4 is 4.74 Å². The van der Waals surface area contributed by atoms with Gasteiger partial charge in [-0.1, -0.05) is 0 Å². The highest BCUT2D eigenvalue weighted by Gasteiger charge is 2.18. The molecule has 0 aliphatic heterocycles. The molecule has 0 unspecified atom stereocenters. The number of hydrogen-bond donors (Lipinski definition) is 0. The van der Waals surface area contributed by atoms with Crippen LogP contribution in [0.3, 0.4) is 0 Å². The van der Waals surface area contributed by atoms with E-state index in [9.17, 15) is 13.6 Å². The number of ketones is 1. The van der Waals surface area contributed by atoms with E-state index in [-0.39, 0.29) is 22.9 Å². The van der Waals surface area contributed by atoms with Crippen molar-refractivity contribution in [3.05, 3.63) is 71.9 Å². The van der Waals surface area contributed by atoms with Gasteiger partial charge in [0.15, 0.2) is 11.6 Å². The first-order valence-corrected chi connectivity index (χ1v) is 8.75. The zero-order valence-corrected chi connectivity index (χ0v) is 15.6. The molecule has 0 amide bonds. The summed E-state index contributed by atoms with van der Waals surface area (Å²) in [6.45, 7) is 1.45. The molecule has 4 aromatic rings. The molecule has 2 aromatic carbocycles. The number of hydrogen-bond acceptors (Lipinski definition) is 5. The number of fused-ring (bicyclic) bond motifs is 1. The Kier molecular flexibility index (Phi) is 4.72. The first-order valence-electron chi connectivity index (χ1n) is 8.75. The van der Waals surface area contributed by atoms with Gasteiger partial charge in [0.1, 0.15) is 11.5 Å². The van der Waals surface area contributed by atoms with E-state index in [2.05, 4.69) is 15.0 Å². The summed E-state index contributed by atoms with van der Waals surface area (Å²) in [7, 11) is 1.43. The lowest BCUT2D eigenvalue weighted by atomic mass is 10.0. The molecule has 29 heavy (non-hydrogen) atoms. The maximum atomic E-state index is 14.7. The van der Waals surface area contributed by atoms with Gasteiger partial charge in [-0.25, -0.2) is 23.7 Å². The zero-order chi connectivity index (χ0) is 20.5. The molecule has 0 spiro atoms. The molecule has 0 aliphatic carbocycles. The molecule has 0 saturated carbocycles. The molecule has 4 rings (SSSR count). The summed E-state index contributed by atoms with van der Waals surface area (Å²) in [6, 6.07) is 12.1. The molecule has 7 heteroatoms. The summed E-state index contributed by atoms with van der Waals surface area (Å²) in [5.74, 6) is -0.905. The highest BCUT2D eigenvalue weighted by atomic mass is 19.1. The molecular weight excluding hydrogens is 376 g/mol. The summed E-state index contributed by atoms with van der Waals surface area (Å²) in [5, 5.41) is 0. The highest BCUT2D eigenvalue weighted by Crippen LogP contribution is 2.33. The van der Waals surface area contributed by atoms with E-state index >= 15 is 0 Å². The maximum Gasteiger partial charge on any atom is 0.213 e. The average molecular weight is 391 g/mol. The first-order chi connectivity index (χ1) is 14.0. The Morgan fingerprint density at radius 3 is 2.34 bits per heavy atom. The Balaban J connectivity index is 2.04. The van der Waals surface area contributed by atoms with E-state index in [1.165, 1.54) is 32.2 Å². The van der Waals surface area contributed by atoms with Crippen molar-refractivity contribution in [1.82, 2.24) is 15.0 Å². The van der Waals surface area contributed by atoms with Crippen LogP contribution in [-0.4, -0.2) is 27.8 Å². The van der Waals surface area contributed by atoms with Gasteiger partial charge in [-0.3, -0.25) is 4.79 Å². The fraction of sp³-hybridized carbons (Fsp3) is 0.0909. The Morgan fingerprint density at radius 1 is 0.931 bits per heavy atom. The number of halogens is 2. The molecule has 5 nitrogen and oxygen atoms in total. The third-order valence-electron chi connectivity index (χ3n) is 4.48. The van der Waals surface area contributed by atoms with Gasteiger partial charge in [-0.15, -0.1) is 0 Å². The van der Waals surface area contributed by atoms with Crippen LogP contribution in [0.4, 0.5) is 8.78 Å². The second-order valence-corrected chi connectivity index (χ2v) is 6.39. The summed E-state index contributed by atoms with van der Waals surface area (Å²) < 4.78 is 33.2. The molecule has 0 atom stereocenters. The van der Waals surface area contributed by atoms with Gasteiger partial charge in [0.05, 0.1) is 30.0 Å². The van der Waals surface area contributed by atoms with E-state index in [0.717, 1.165) is 6.20 Å². The first kappa shape index (κ1) is 18.6. The van der Waals surface area contributed by atoms with Crippen molar-refractivity contribution in [3.63, 3.8) is 0 Å². The lowest BCUT2D eigenvalue weighted by Crippen LogP contribution is -2.00. The third kappa shape index (κ3) is 3.54. The third-order valence-corrected chi connectivity index (χ3v) is 4.48. The summed E-state index contributed by atoms with van der Waals surface area (Å²) in [4.78, 5) is 24.8. The number of methoxy groups -OCH3 is 1. The molecule has 0 radical (unpaired) electrons. The smallest absolute Gasteiger partial charge is 0.213 e. The lowest BCUT2D eigenvalue weighted by molar-refractivity contribution is 0.101. The van der Waals surface area contributed by atoms with Gasteiger partial charge in [-0.2, -0.15) is 0 Å². The van der Waals surface area contributed by atoms with Gasteiger partial charge in [0.2, 0.25) is 5.88 Å². The number of benzene rings is 2. The van der Waals surface area contributed by atoms with Crippen molar-refractivity contribution >= 4 is 16.8 Å². The largest absolute Gasteiger partial charge is 0.481 e. The summed E-state index contributed by atoms with van der Waals surface area (Å²) in [5.41, 5.74) is 2.76. The van der Waals surface area contributed by atoms with Crippen LogP contribution in [0.2, 0.25) is 0 Å². The van der Waals surface area contributed by atoms with Crippen molar-refractivity contribution < 1.29 is 18.3 Å². The van der Waals surface area contributed by atoms with Crippen molar-refractivity contribution in [2.75, 3.05) is 7.11 Å². The molecular formula is C22H15F2N3O2. The van der Waals surface area contributed by atoms with Gasteiger partial charge in [-0.05, 0) is 49.4 Å². The maximum absolute atomic E-state index is 14.7. The van der Waals surface area contributed by atoms with Crippen LogP contribution >= 0.6 is 0 Å². The Morgan fingerprint density at radius 2 is 1.66 bits per heavy atom. The standard InChI is InChI=1S/C22H15F2N3O2/c1-12(28)14-5-8-18-19(9-14)27-22(16-10-20(29-2)25-11-17(16)24)21(26-18)13-3-6-15(23)7-4-13/h3-11H,1-2H3. The van der Waals surface area contributed by atoms with Gasteiger partial charge in [0, 0.05) is 22.8 Å². The van der Waals surface area contributed by atoms with E-state index < -0.39 is 11.6 Å². The van der Waals surface area contributed by atoms with Crippen LogP contribution in [0.25, 0.3) is 33.5 Å². The van der Waals surface area contributed by atoms with Gasteiger partial charge < -0.3 is 4.74 Å². The topological polar surface area (TPSA) is 65.0 Å². The highest BCUT2D eigenvalue weighted by molar-refractivity contribution is 5.98. The van der Waals surface area contributed by atoms with Crippen molar-refractivity contribution in [2.45, 2.75) is 6.92 Å². The van der Waals surface area contributed by atoms with Crippen molar-refractivity contribution in [1.29, 1.82) is 0 Å². The van der Waals surface area contributed by atoms with Crippen LogP contribution in [-0.2, 0) is 0 Å². The number of nitrogens with zero attached hydrogens (tertiary/aromatic N) is 3. The monoisotopic (exact) mass is 391 g/mol. The number of carbonyl (C=O) groups excluding carboxylic acids is 1. The molecule has 2 heterocycles. The minimum Gasteiger partial charge on any atom is -0.481 e. The Bertz CT molecular complexity index is 1240. The molecule has 0 N–H and O–H groups in total. The predicted octanol–water partition coefficient (Wildman–Crippen LogP) is 4.85. The quantitative estimate of drug-likeness (QED) is 0.466. The minimum absolute atomic E-state index is 0.116. The van der Waals surface area contributed by atoms with Crippen LogP contribution in [0.15, 0.2) is 54.7 Å². The Labute approximate surface area is 165 Å². The summed E-state index contributed by atoms with van der Waals surface area (Å²) >= 11 is 0. The molecule has 0 aliphatic rings. The average Bonchev–Trinajstić information content (AvgIpc) is 2.73. The number of pyridine rings is 1. The van der Waals surface area contributed by atoms with Gasteiger partial charge >= 0.3 is 0 Å². The molecule has 2 aromatic heterocycles. The predicted molar refractivity (Wildman–Crippen MR) is 105 cm³/mol. The number of Topliss-reactive ketones (excluding diaryl/α,β-unsaturated/α-hetero) is 1. The van der Waals surface area contributed by atoms with Crippen LogP contribution in [0.1, 0.15) is 17.3 Å². The second-order valence-electron chi connectivity index (χ2n) is 6.39. The minimum atomic E-state index is -0.606. The Hall–Kier alpha value is -3.74. The van der Waals surface area contributed by atoms with E-state index in [1.807, 2.05) is 0 Å². The van der Waals surface area contributed by atoms with E-state index in [0.29, 0.717) is 27.9 Å². The second kappa shape index (κ2) is 7.35. The fourth-order valence-electron chi connectivity index (χ4n) is 2.98. The number of rotatable bonds is 4. The number of carbonyl (C=O) groups is 1. The van der Waals surface area contributed by atoms with E-state index in [1.54, 1.807) is 30.3 Å². The summed E-state index contributed by atoms with van der Waals surface area (Å²) in [6.07, 6.45) is 1.04. The number of aromatic nitrogens is 3. The van der Waals surface area contributed by atoms with Crippen molar-refractivity contribution in [3.8, 4) is 28.4 Å².